The van der Waals surface area contributed by atoms with Crippen LogP contribution in [0.15, 0.2) is 0 Å². The van der Waals surface area contributed by atoms with E-state index in [2.05, 4.69) is 0 Å². The van der Waals surface area contributed by atoms with Crippen molar-refractivity contribution in [1.82, 2.24) is 0 Å². The minimum atomic E-state index is -1.97. The zero-order chi connectivity index (χ0) is 36.0. The highest BCUT2D eigenvalue weighted by Crippen LogP contribution is 2.32. The van der Waals surface area contributed by atoms with Crippen molar-refractivity contribution in [3.63, 3.8) is 0 Å². The highest BCUT2D eigenvalue weighted by molar-refractivity contribution is 5.72. The van der Waals surface area contributed by atoms with E-state index < -0.39 is 116 Å². The van der Waals surface area contributed by atoms with Gasteiger partial charge in [-0.15, -0.1) is 0 Å². The highest BCUT2D eigenvalue weighted by atomic mass is 16.8. The maximum atomic E-state index is 12.3. The average molecular weight is 679 g/mol. The van der Waals surface area contributed by atoms with Crippen LogP contribution in [0.1, 0.15) is 55.4 Å². The lowest BCUT2D eigenvalue weighted by atomic mass is 9.97. The first-order chi connectivity index (χ1) is 21.9. The predicted octanol–water partition coefficient (Wildman–Crippen LogP) is -0.988. The summed E-state index contributed by atoms with van der Waals surface area (Å²) in [4.78, 5) is 108. The number of esters is 8. The first-order valence-electron chi connectivity index (χ1n) is 13.9. The number of carbonyl (C=O) groups is 9. The molecule has 0 aromatic rings. The molecule has 0 aromatic heterocycles. The van der Waals surface area contributed by atoms with Gasteiger partial charge >= 0.3 is 47.8 Å². The molecule has 0 amide bonds. The molecule has 47 heavy (non-hydrogen) atoms. The maximum Gasteiger partial charge on any atom is 0.303 e. The monoisotopic (exact) mass is 678 g/mol. The molecule has 1 rings (SSSR count). The van der Waals surface area contributed by atoms with Crippen LogP contribution in [0.2, 0.25) is 0 Å². The van der Waals surface area contributed by atoms with Gasteiger partial charge in [0, 0.05) is 55.4 Å². The predicted molar refractivity (Wildman–Crippen MR) is 146 cm³/mol. The molecule has 1 saturated heterocycles. The molecule has 0 N–H and O–H groups in total. The summed E-state index contributed by atoms with van der Waals surface area (Å²) in [5.74, 6) is -7.62. The minimum absolute atomic E-state index is 0.0647. The lowest BCUT2D eigenvalue weighted by Crippen LogP contribution is -2.65. The van der Waals surface area contributed by atoms with E-state index in [1.807, 2.05) is 0 Å². The fourth-order valence-electron chi connectivity index (χ4n) is 4.31. The summed E-state index contributed by atoms with van der Waals surface area (Å²) in [7, 11) is 0. The Labute approximate surface area is 268 Å². The molecule has 1 fully saturated rings. The number of aldehydes is 1. The van der Waals surface area contributed by atoms with E-state index in [0.717, 1.165) is 55.4 Å². The normalized spacial score (nSPS) is 22.9. The van der Waals surface area contributed by atoms with Crippen molar-refractivity contribution in [2.24, 2.45) is 0 Å². The quantitative estimate of drug-likeness (QED) is 0.108. The third kappa shape index (κ3) is 14.1. The van der Waals surface area contributed by atoms with E-state index in [4.69, 9.17) is 47.4 Å². The third-order valence-electron chi connectivity index (χ3n) is 5.76. The molecule has 19 heteroatoms. The van der Waals surface area contributed by atoms with Gasteiger partial charge in [-0.1, -0.05) is 0 Å². The molecule has 1 heterocycles. The number of rotatable bonds is 16. The van der Waals surface area contributed by atoms with Crippen LogP contribution in [-0.4, -0.2) is 122 Å². The van der Waals surface area contributed by atoms with E-state index in [9.17, 15) is 43.2 Å². The molecular weight excluding hydrogens is 640 g/mol. The van der Waals surface area contributed by atoms with Gasteiger partial charge in [-0.2, -0.15) is 0 Å². The molecule has 0 saturated carbocycles. The van der Waals surface area contributed by atoms with Crippen LogP contribution >= 0.6 is 0 Å². The van der Waals surface area contributed by atoms with Crippen molar-refractivity contribution < 1.29 is 90.5 Å². The van der Waals surface area contributed by atoms with Crippen molar-refractivity contribution in [3.05, 3.63) is 0 Å². The first kappa shape index (κ1) is 40.4. The van der Waals surface area contributed by atoms with E-state index in [1.165, 1.54) is 0 Å². The molecule has 9 atom stereocenters. The molecule has 0 aliphatic carbocycles. The van der Waals surface area contributed by atoms with Gasteiger partial charge in [-0.25, -0.2) is 0 Å². The number of carbonyl (C=O) groups excluding carboxylic acids is 9. The topological polar surface area (TPSA) is 246 Å². The molecule has 0 spiro atoms. The third-order valence-corrected chi connectivity index (χ3v) is 5.76. The summed E-state index contributed by atoms with van der Waals surface area (Å²) >= 11 is 0. The van der Waals surface area contributed by atoms with Crippen LogP contribution in [0.5, 0.6) is 0 Å². The van der Waals surface area contributed by atoms with Gasteiger partial charge < -0.3 is 47.4 Å². The molecule has 0 unspecified atom stereocenters. The number of hydrogen-bond acceptors (Lipinski definition) is 19. The van der Waals surface area contributed by atoms with Crippen molar-refractivity contribution in [3.8, 4) is 0 Å². The summed E-state index contributed by atoms with van der Waals surface area (Å²) < 4.78 is 53.5. The molecule has 0 bridgehead atoms. The zero-order valence-electron chi connectivity index (χ0n) is 26.9. The first-order valence-corrected chi connectivity index (χ1v) is 13.9. The van der Waals surface area contributed by atoms with Crippen molar-refractivity contribution in [2.75, 3.05) is 13.2 Å². The summed E-state index contributed by atoms with van der Waals surface area (Å²) in [6.07, 6.45) is -16.2. The summed E-state index contributed by atoms with van der Waals surface area (Å²) in [6.45, 7) is 6.35. The Morgan fingerprint density at radius 2 is 1.06 bits per heavy atom. The van der Waals surface area contributed by atoms with E-state index in [-0.39, 0.29) is 6.29 Å². The van der Waals surface area contributed by atoms with Crippen LogP contribution < -0.4 is 0 Å². The zero-order valence-corrected chi connectivity index (χ0v) is 26.9. The molecule has 0 aromatic carbocycles. The van der Waals surface area contributed by atoms with Crippen LogP contribution in [0.3, 0.4) is 0 Å². The van der Waals surface area contributed by atoms with Crippen LogP contribution in [0.4, 0.5) is 0 Å². The van der Waals surface area contributed by atoms with Gasteiger partial charge in [0.2, 0.25) is 0 Å². The van der Waals surface area contributed by atoms with E-state index in [0.29, 0.717) is 0 Å². The Hall–Kier alpha value is -4.65. The van der Waals surface area contributed by atoms with E-state index in [1.54, 1.807) is 0 Å². The fourth-order valence-corrected chi connectivity index (χ4v) is 4.31. The van der Waals surface area contributed by atoms with Crippen LogP contribution in [0.25, 0.3) is 0 Å². The summed E-state index contributed by atoms with van der Waals surface area (Å²) in [5, 5.41) is 0. The van der Waals surface area contributed by atoms with Gasteiger partial charge in [-0.05, 0) is 0 Å². The Balaban J connectivity index is 3.99. The molecular formula is C28H38O19. The largest absolute Gasteiger partial charge is 0.463 e. The fraction of sp³-hybridized carbons (Fsp3) is 0.679. The standard InChI is InChI=1S/C28H38O19/c1-12(30)38-10-21(41-15(4)33)24(23(42-16(5)34)20(9-29)40-14(3)32)47-28-27(45-19(8)37)26(44-18(7)36)25(43-17(6)35)22(46-28)11-39-13(2)31/h9,20-28H,10-11H2,1-8H3/t20-,21+,22+,23+,24+,25-,26-,27+,28-/m0/s1. The highest BCUT2D eigenvalue weighted by Gasteiger charge is 2.55. The molecule has 19 nitrogen and oxygen atoms in total. The van der Waals surface area contributed by atoms with Crippen LogP contribution in [-0.2, 0) is 90.5 Å². The molecule has 1 aliphatic rings. The van der Waals surface area contributed by atoms with Gasteiger partial charge in [0.05, 0.1) is 0 Å². The second-order valence-corrected chi connectivity index (χ2v) is 9.90. The molecule has 1 aliphatic heterocycles. The lowest BCUT2D eigenvalue weighted by Gasteiger charge is -2.46. The van der Waals surface area contributed by atoms with Gasteiger partial charge in [0.25, 0.3) is 0 Å². The Kier molecular flexibility index (Phi) is 16.4. The Morgan fingerprint density at radius 1 is 0.574 bits per heavy atom. The SMILES string of the molecule is CC(=O)OC[C@H]1O[C@@H](O[C@@H]([C@H](OC(C)=O)[C@H](C=O)OC(C)=O)[C@@H](COC(C)=O)OC(C)=O)[C@H](OC(C)=O)[C@@H](OC(C)=O)[C@H]1OC(C)=O. The lowest BCUT2D eigenvalue weighted by molar-refractivity contribution is -0.330. The summed E-state index contributed by atoms with van der Waals surface area (Å²) in [5.41, 5.74) is 0. The number of hydrogen-bond donors (Lipinski definition) is 0. The average Bonchev–Trinajstić information content (AvgIpc) is 2.92. The molecule has 0 radical (unpaired) electrons. The van der Waals surface area contributed by atoms with Gasteiger partial charge in [0.1, 0.15) is 25.4 Å². The maximum absolute atomic E-state index is 12.3. The second-order valence-electron chi connectivity index (χ2n) is 9.90. The Bertz CT molecular complexity index is 1180. The smallest absolute Gasteiger partial charge is 0.303 e. The van der Waals surface area contributed by atoms with Crippen molar-refractivity contribution in [2.45, 2.75) is 111 Å². The minimum Gasteiger partial charge on any atom is -0.463 e. The van der Waals surface area contributed by atoms with Crippen LogP contribution in [0, 0.1) is 0 Å². The summed E-state index contributed by atoms with van der Waals surface area (Å²) in [6, 6.07) is 0. The van der Waals surface area contributed by atoms with Crippen molar-refractivity contribution >= 4 is 54.0 Å². The van der Waals surface area contributed by atoms with Crippen molar-refractivity contribution in [1.29, 1.82) is 0 Å². The number of ether oxygens (including phenoxy) is 10. The van der Waals surface area contributed by atoms with E-state index >= 15 is 0 Å². The van der Waals surface area contributed by atoms with Gasteiger partial charge in [0.15, 0.2) is 49.2 Å². The molecule has 264 valence electrons. The second kappa shape index (κ2) is 19.1. The Morgan fingerprint density at radius 3 is 1.51 bits per heavy atom. The van der Waals surface area contributed by atoms with Gasteiger partial charge in [-0.3, -0.25) is 43.2 Å².